The maximum atomic E-state index is 12.8. The summed E-state index contributed by atoms with van der Waals surface area (Å²) < 4.78 is 31.4. The minimum Gasteiger partial charge on any atom is -0.379 e. The van der Waals surface area contributed by atoms with Crippen molar-refractivity contribution in [1.82, 2.24) is 10.2 Å². The molecule has 158 valence electrons. The summed E-state index contributed by atoms with van der Waals surface area (Å²) in [5.74, 6) is -0.299. The lowest BCUT2D eigenvalue weighted by Crippen LogP contribution is -2.49. The van der Waals surface area contributed by atoms with Crippen LogP contribution in [0.2, 0.25) is 5.02 Å². The number of nitrogens with one attached hydrogen (secondary N) is 1. The molecule has 1 aliphatic heterocycles. The number of anilines is 1. The second kappa shape index (κ2) is 10.4. The highest BCUT2D eigenvalue weighted by molar-refractivity contribution is 7.92. The van der Waals surface area contributed by atoms with Crippen molar-refractivity contribution in [3.63, 3.8) is 0 Å². The fraction of sp³-hybridized carbons (Fsp3) is 0.632. The second-order valence-electron chi connectivity index (χ2n) is 7.01. The standard InChI is InChI=1S/C19H30ClN3O4S/c1-4-18(19(24)21-8-5-9-22-10-12-27-13-11-22)23(28(3,25)26)16-7-6-15(2)17(20)14-16/h6-7,14,18H,4-5,8-13H2,1-3H3,(H,21,24)/t18-/m1/s1. The maximum absolute atomic E-state index is 12.8. The Balaban J connectivity index is 2.03. The van der Waals surface area contributed by atoms with Crippen LogP contribution >= 0.6 is 11.6 Å². The fourth-order valence-corrected chi connectivity index (χ4v) is 4.61. The zero-order valence-corrected chi connectivity index (χ0v) is 18.4. The molecule has 1 fully saturated rings. The average Bonchev–Trinajstić information content (AvgIpc) is 2.65. The van der Waals surface area contributed by atoms with Crippen LogP contribution in [0.1, 0.15) is 25.3 Å². The SMILES string of the molecule is CC[C@H](C(=O)NCCCN1CCOCC1)N(c1ccc(C)c(Cl)c1)S(C)(=O)=O. The topological polar surface area (TPSA) is 79.0 Å². The fourth-order valence-electron chi connectivity index (χ4n) is 3.24. The van der Waals surface area contributed by atoms with Gasteiger partial charge in [0.25, 0.3) is 0 Å². The predicted octanol–water partition coefficient (Wildman–Crippen LogP) is 2.03. The highest BCUT2D eigenvalue weighted by Crippen LogP contribution is 2.27. The summed E-state index contributed by atoms with van der Waals surface area (Å²) in [6, 6.07) is 4.20. The van der Waals surface area contributed by atoms with E-state index >= 15 is 0 Å². The second-order valence-corrected chi connectivity index (χ2v) is 9.28. The monoisotopic (exact) mass is 431 g/mol. The van der Waals surface area contributed by atoms with Crippen LogP contribution in [0.5, 0.6) is 0 Å². The van der Waals surface area contributed by atoms with Crippen molar-refractivity contribution < 1.29 is 17.9 Å². The smallest absolute Gasteiger partial charge is 0.243 e. The van der Waals surface area contributed by atoms with E-state index in [2.05, 4.69) is 10.2 Å². The van der Waals surface area contributed by atoms with E-state index in [4.69, 9.17) is 16.3 Å². The van der Waals surface area contributed by atoms with E-state index in [1.807, 2.05) is 6.92 Å². The maximum Gasteiger partial charge on any atom is 0.243 e. The summed E-state index contributed by atoms with van der Waals surface area (Å²) in [6.07, 6.45) is 2.26. The zero-order chi connectivity index (χ0) is 20.7. The summed E-state index contributed by atoms with van der Waals surface area (Å²) in [5, 5.41) is 3.35. The van der Waals surface area contributed by atoms with E-state index in [9.17, 15) is 13.2 Å². The number of sulfonamides is 1. The molecule has 28 heavy (non-hydrogen) atoms. The molecular formula is C19H30ClN3O4S. The molecule has 0 radical (unpaired) electrons. The van der Waals surface area contributed by atoms with Gasteiger partial charge in [-0.2, -0.15) is 0 Å². The molecule has 0 bridgehead atoms. The number of ether oxygens (including phenoxy) is 1. The first-order valence-electron chi connectivity index (χ1n) is 9.57. The van der Waals surface area contributed by atoms with Gasteiger partial charge < -0.3 is 10.1 Å². The minimum absolute atomic E-state index is 0.299. The van der Waals surface area contributed by atoms with Crippen molar-refractivity contribution in [3.05, 3.63) is 28.8 Å². The van der Waals surface area contributed by atoms with Gasteiger partial charge in [-0.15, -0.1) is 0 Å². The van der Waals surface area contributed by atoms with Crippen LogP contribution in [0.4, 0.5) is 5.69 Å². The number of hydrogen-bond acceptors (Lipinski definition) is 5. The zero-order valence-electron chi connectivity index (χ0n) is 16.8. The third kappa shape index (κ3) is 6.34. The molecule has 2 rings (SSSR count). The summed E-state index contributed by atoms with van der Waals surface area (Å²) in [5.41, 5.74) is 1.24. The number of morpholine rings is 1. The average molecular weight is 432 g/mol. The molecule has 0 aliphatic carbocycles. The van der Waals surface area contributed by atoms with Gasteiger partial charge in [-0.05, 0) is 44.0 Å². The van der Waals surface area contributed by atoms with E-state index in [0.29, 0.717) is 23.7 Å². The lowest BCUT2D eigenvalue weighted by Gasteiger charge is -2.30. The molecule has 0 unspecified atom stereocenters. The van der Waals surface area contributed by atoms with Crippen molar-refractivity contribution in [1.29, 1.82) is 0 Å². The van der Waals surface area contributed by atoms with Crippen LogP contribution in [0, 0.1) is 6.92 Å². The van der Waals surface area contributed by atoms with E-state index < -0.39 is 16.1 Å². The van der Waals surface area contributed by atoms with E-state index in [0.717, 1.165) is 55.4 Å². The van der Waals surface area contributed by atoms with Crippen molar-refractivity contribution in [3.8, 4) is 0 Å². The number of amides is 1. The van der Waals surface area contributed by atoms with Crippen molar-refractivity contribution in [2.75, 3.05) is 50.0 Å². The third-order valence-corrected chi connectivity index (χ3v) is 6.38. The number of rotatable bonds is 9. The van der Waals surface area contributed by atoms with Crippen LogP contribution in [0.25, 0.3) is 0 Å². The Labute approximate surface area is 173 Å². The Morgan fingerprint density at radius 3 is 2.61 bits per heavy atom. The number of aryl methyl sites for hydroxylation is 1. The summed E-state index contributed by atoms with van der Waals surface area (Å²) in [6.45, 7) is 8.31. The van der Waals surface area contributed by atoms with Crippen LogP contribution in [-0.2, 0) is 19.6 Å². The number of benzene rings is 1. The van der Waals surface area contributed by atoms with Crippen LogP contribution in [0.3, 0.4) is 0 Å². The number of carbonyl (C=O) groups is 1. The Morgan fingerprint density at radius 1 is 1.36 bits per heavy atom. The molecular weight excluding hydrogens is 402 g/mol. The van der Waals surface area contributed by atoms with Gasteiger partial charge in [0.15, 0.2) is 0 Å². The largest absolute Gasteiger partial charge is 0.379 e. The Bertz CT molecular complexity index is 766. The minimum atomic E-state index is -3.66. The summed E-state index contributed by atoms with van der Waals surface area (Å²) in [4.78, 5) is 15.1. The third-order valence-electron chi connectivity index (χ3n) is 4.79. The van der Waals surface area contributed by atoms with Crippen molar-refractivity contribution in [2.24, 2.45) is 0 Å². The lowest BCUT2D eigenvalue weighted by atomic mass is 10.1. The van der Waals surface area contributed by atoms with Crippen LogP contribution in [0.15, 0.2) is 18.2 Å². The van der Waals surface area contributed by atoms with Gasteiger partial charge in [0.05, 0.1) is 25.2 Å². The first-order chi connectivity index (χ1) is 13.2. The van der Waals surface area contributed by atoms with Gasteiger partial charge >= 0.3 is 0 Å². The Hall–Kier alpha value is -1.35. The molecule has 1 amide bonds. The lowest BCUT2D eigenvalue weighted by molar-refractivity contribution is -0.122. The molecule has 7 nitrogen and oxygen atoms in total. The molecule has 0 spiro atoms. The predicted molar refractivity (Wildman–Crippen MR) is 112 cm³/mol. The summed E-state index contributed by atoms with van der Waals surface area (Å²) >= 11 is 6.18. The van der Waals surface area contributed by atoms with Gasteiger partial charge in [0, 0.05) is 24.7 Å². The van der Waals surface area contributed by atoms with Gasteiger partial charge in [0.2, 0.25) is 15.9 Å². The molecule has 0 aromatic heterocycles. The first-order valence-corrected chi connectivity index (χ1v) is 11.8. The van der Waals surface area contributed by atoms with Gasteiger partial charge in [-0.25, -0.2) is 8.42 Å². The van der Waals surface area contributed by atoms with E-state index in [1.165, 1.54) is 0 Å². The van der Waals surface area contributed by atoms with Gasteiger partial charge in [0.1, 0.15) is 6.04 Å². The first kappa shape index (κ1) is 22.9. The molecule has 1 saturated heterocycles. The number of halogens is 1. The van der Waals surface area contributed by atoms with Crippen LogP contribution in [-0.4, -0.2) is 70.9 Å². The molecule has 0 saturated carbocycles. The highest BCUT2D eigenvalue weighted by atomic mass is 35.5. The van der Waals surface area contributed by atoms with Crippen molar-refractivity contribution in [2.45, 2.75) is 32.7 Å². The Kier molecular flexibility index (Phi) is 8.55. The molecule has 1 aromatic rings. The molecule has 1 aromatic carbocycles. The van der Waals surface area contributed by atoms with Crippen molar-refractivity contribution >= 4 is 33.2 Å². The summed E-state index contributed by atoms with van der Waals surface area (Å²) in [7, 11) is -3.66. The molecule has 1 atom stereocenters. The normalized spacial score (nSPS) is 16.6. The quantitative estimate of drug-likeness (QED) is 0.605. The van der Waals surface area contributed by atoms with Gasteiger partial charge in [-0.3, -0.25) is 14.0 Å². The van der Waals surface area contributed by atoms with E-state index in [-0.39, 0.29) is 5.91 Å². The van der Waals surface area contributed by atoms with Crippen LogP contribution < -0.4 is 9.62 Å². The molecule has 9 heteroatoms. The molecule has 1 N–H and O–H groups in total. The Morgan fingerprint density at radius 2 is 2.04 bits per heavy atom. The molecule has 1 aliphatic rings. The van der Waals surface area contributed by atoms with E-state index in [1.54, 1.807) is 25.1 Å². The number of nitrogens with zero attached hydrogens (tertiary/aromatic N) is 2. The highest BCUT2D eigenvalue weighted by Gasteiger charge is 2.31. The van der Waals surface area contributed by atoms with Gasteiger partial charge in [-0.1, -0.05) is 24.6 Å². The molecule has 1 heterocycles. The number of hydrogen-bond donors (Lipinski definition) is 1. The number of carbonyl (C=O) groups excluding carboxylic acids is 1.